The number of H-pyrrole nitrogens is 1. The summed E-state index contributed by atoms with van der Waals surface area (Å²) >= 11 is 0. The Morgan fingerprint density at radius 2 is 2.29 bits per heavy atom. The highest BCUT2D eigenvalue weighted by molar-refractivity contribution is 5.86. The van der Waals surface area contributed by atoms with Crippen molar-refractivity contribution in [2.75, 3.05) is 19.0 Å². The Kier molecular flexibility index (Phi) is 3.73. The third-order valence-electron chi connectivity index (χ3n) is 4.06. The summed E-state index contributed by atoms with van der Waals surface area (Å²) in [6.07, 6.45) is 5.68. The summed E-state index contributed by atoms with van der Waals surface area (Å²) in [6.45, 7) is 1.03. The van der Waals surface area contributed by atoms with Crippen LogP contribution in [0.25, 0.3) is 11.0 Å². The monoisotopic (exact) mass is 326 g/mol. The average molecular weight is 326 g/mol. The van der Waals surface area contributed by atoms with Crippen molar-refractivity contribution in [3.8, 4) is 0 Å². The predicted molar refractivity (Wildman–Crippen MR) is 89.5 cm³/mol. The van der Waals surface area contributed by atoms with Crippen molar-refractivity contribution in [3.63, 3.8) is 0 Å². The largest absolute Gasteiger partial charge is 0.383 e. The second kappa shape index (κ2) is 6.04. The minimum atomic E-state index is -0.0885. The van der Waals surface area contributed by atoms with Gasteiger partial charge in [0.2, 0.25) is 0 Å². The van der Waals surface area contributed by atoms with Crippen LogP contribution in [0.2, 0.25) is 0 Å². The van der Waals surface area contributed by atoms with Crippen LogP contribution in [-0.4, -0.2) is 38.4 Å². The number of pyridine rings is 1. The highest BCUT2D eigenvalue weighted by atomic mass is 16.5. The normalized spacial score (nSPS) is 14.2. The summed E-state index contributed by atoms with van der Waals surface area (Å²) in [6, 6.07) is 3.40. The molecule has 0 atom stereocenters. The first-order valence-corrected chi connectivity index (χ1v) is 7.92. The fraction of sp³-hybridized carbons (Fsp3) is 0.375. The zero-order valence-electron chi connectivity index (χ0n) is 13.3. The summed E-state index contributed by atoms with van der Waals surface area (Å²) in [5.74, 6) is 1.92. The minimum Gasteiger partial charge on any atom is -0.383 e. The Balaban J connectivity index is 1.65. The van der Waals surface area contributed by atoms with Crippen molar-refractivity contribution in [1.82, 2.24) is 24.7 Å². The van der Waals surface area contributed by atoms with Crippen LogP contribution in [0.4, 0.5) is 11.5 Å². The molecule has 1 aliphatic carbocycles. The van der Waals surface area contributed by atoms with E-state index in [0.29, 0.717) is 30.6 Å². The number of rotatable bonds is 6. The van der Waals surface area contributed by atoms with Crippen molar-refractivity contribution in [2.45, 2.75) is 25.3 Å². The molecule has 8 heteroatoms. The van der Waals surface area contributed by atoms with Gasteiger partial charge in [0.1, 0.15) is 16.9 Å². The molecule has 0 aromatic carbocycles. The van der Waals surface area contributed by atoms with Gasteiger partial charge < -0.3 is 14.6 Å². The van der Waals surface area contributed by atoms with Crippen molar-refractivity contribution < 1.29 is 4.74 Å². The van der Waals surface area contributed by atoms with E-state index in [1.807, 2.05) is 6.07 Å². The van der Waals surface area contributed by atoms with E-state index in [9.17, 15) is 4.79 Å². The Bertz CT molecular complexity index is 928. The molecule has 1 aliphatic rings. The van der Waals surface area contributed by atoms with E-state index >= 15 is 0 Å². The summed E-state index contributed by atoms with van der Waals surface area (Å²) in [4.78, 5) is 21.3. The molecule has 124 valence electrons. The Morgan fingerprint density at radius 3 is 3.04 bits per heavy atom. The highest BCUT2D eigenvalue weighted by Gasteiger charge is 2.28. The van der Waals surface area contributed by atoms with Crippen LogP contribution < -0.4 is 10.9 Å². The number of fused-ring (bicyclic) bond motifs is 1. The molecule has 1 saturated carbocycles. The van der Waals surface area contributed by atoms with E-state index in [4.69, 9.17) is 4.74 Å². The van der Waals surface area contributed by atoms with E-state index in [2.05, 4.69) is 25.5 Å². The smallest absolute Gasteiger partial charge is 0.252 e. The molecule has 0 amide bonds. The summed E-state index contributed by atoms with van der Waals surface area (Å²) in [5.41, 5.74) is 2.12. The number of aromatic nitrogens is 5. The summed E-state index contributed by atoms with van der Waals surface area (Å²) in [5, 5.41) is 10.2. The van der Waals surface area contributed by atoms with Crippen LogP contribution in [0.1, 0.15) is 24.6 Å². The van der Waals surface area contributed by atoms with Gasteiger partial charge in [0, 0.05) is 37.5 Å². The fourth-order valence-electron chi connectivity index (χ4n) is 2.57. The molecule has 0 bridgehead atoms. The molecular weight excluding hydrogens is 308 g/mol. The molecule has 1 fully saturated rings. The van der Waals surface area contributed by atoms with Crippen LogP contribution in [-0.2, 0) is 11.3 Å². The maximum absolute atomic E-state index is 12.1. The lowest BCUT2D eigenvalue weighted by Crippen LogP contribution is -2.21. The van der Waals surface area contributed by atoms with E-state index in [1.165, 1.54) is 0 Å². The SMILES string of the molecule is COCCn1ccc(Nc2nc(C3CC3)nc3cn[nH]c23)cc1=O. The van der Waals surface area contributed by atoms with Crippen molar-refractivity contribution in [1.29, 1.82) is 0 Å². The van der Waals surface area contributed by atoms with Crippen molar-refractivity contribution >= 4 is 22.5 Å². The molecule has 0 saturated heterocycles. The third-order valence-corrected chi connectivity index (χ3v) is 4.06. The van der Waals surface area contributed by atoms with Crippen LogP contribution >= 0.6 is 0 Å². The molecule has 3 aromatic heterocycles. The number of nitrogens with one attached hydrogen (secondary N) is 2. The van der Waals surface area contributed by atoms with Crippen LogP contribution in [0, 0.1) is 0 Å². The number of nitrogens with zero attached hydrogens (tertiary/aromatic N) is 4. The molecular formula is C16H18N6O2. The van der Waals surface area contributed by atoms with Gasteiger partial charge in [-0.3, -0.25) is 9.89 Å². The van der Waals surface area contributed by atoms with Crippen molar-refractivity contribution in [3.05, 3.63) is 40.7 Å². The molecule has 24 heavy (non-hydrogen) atoms. The molecule has 3 aromatic rings. The maximum atomic E-state index is 12.1. The number of methoxy groups -OCH3 is 1. The van der Waals surface area contributed by atoms with E-state index < -0.39 is 0 Å². The first-order valence-electron chi connectivity index (χ1n) is 7.92. The van der Waals surface area contributed by atoms with Gasteiger partial charge in [-0.25, -0.2) is 9.97 Å². The molecule has 0 spiro atoms. The first-order chi connectivity index (χ1) is 11.7. The zero-order valence-corrected chi connectivity index (χ0v) is 13.3. The number of hydrogen-bond donors (Lipinski definition) is 2. The van der Waals surface area contributed by atoms with Gasteiger partial charge in [0.25, 0.3) is 5.56 Å². The van der Waals surface area contributed by atoms with Gasteiger partial charge in [-0.2, -0.15) is 5.10 Å². The molecule has 2 N–H and O–H groups in total. The maximum Gasteiger partial charge on any atom is 0.252 e. The predicted octanol–water partition coefficient (Wildman–Crippen LogP) is 1.78. The lowest BCUT2D eigenvalue weighted by atomic mass is 10.3. The quantitative estimate of drug-likeness (QED) is 0.716. The lowest BCUT2D eigenvalue weighted by Gasteiger charge is -2.10. The van der Waals surface area contributed by atoms with E-state index in [1.54, 1.807) is 30.1 Å². The van der Waals surface area contributed by atoms with Crippen LogP contribution in [0.3, 0.4) is 0 Å². The number of aromatic amines is 1. The average Bonchev–Trinajstić information content (AvgIpc) is 3.32. The van der Waals surface area contributed by atoms with Crippen LogP contribution in [0.15, 0.2) is 29.3 Å². The van der Waals surface area contributed by atoms with Gasteiger partial charge in [0.05, 0.1) is 12.8 Å². The standard InChI is InChI=1S/C16H18N6O2/c1-24-7-6-22-5-4-11(8-13(22)23)18-16-14-12(9-17-21-14)19-15(20-16)10-2-3-10/h4-5,8-10H,2-3,6-7H2,1H3,(H,17,21)(H,18,19,20). The van der Waals surface area contributed by atoms with Gasteiger partial charge in [0.15, 0.2) is 5.82 Å². The van der Waals surface area contributed by atoms with Gasteiger partial charge in [-0.1, -0.05) is 0 Å². The van der Waals surface area contributed by atoms with E-state index in [0.717, 1.165) is 29.7 Å². The Labute approximate surface area is 137 Å². The molecule has 3 heterocycles. The molecule has 0 unspecified atom stereocenters. The van der Waals surface area contributed by atoms with Gasteiger partial charge in [-0.15, -0.1) is 0 Å². The molecule has 4 rings (SSSR count). The Hall–Kier alpha value is -2.74. The topological polar surface area (TPSA) is 97.7 Å². The van der Waals surface area contributed by atoms with Gasteiger partial charge >= 0.3 is 0 Å². The number of hydrogen-bond acceptors (Lipinski definition) is 6. The highest BCUT2D eigenvalue weighted by Crippen LogP contribution is 2.39. The van der Waals surface area contributed by atoms with E-state index in [-0.39, 0.29) is 5.56 Å². The number of ether oxygens (including phenoxy) is 1. The first kappa shape index (κ1) is 14.8. The van der Waals surface area contributed by atoms with Crippen LogP contribution in [0.5, 0.6) is 0 Å². The second-order valence-electron chi connectivity index (χ2n) is 5.90. The second-order valence-corrected chi connectivity index (χ2v) is 5.90. The van der Waals surface area contributed by atoms with Crippen molar-refractivity contribution in [2.24, 2.45) is 0 Å². The van der Waals surface area contributed by atoms with Gasteiger partial charge in [-0.05, 0) is 18.9 Å². The summed E-state index contributed by atoms with van der Waals surface area (Å²) < 4.78 is 6.61. The lowest BCUT2D eigenvalue weighted by molar-refractivity contribution is 0.186. The molecule has 0 aliphatic heterocycles. The zero-order chi connectivity index (χ0) is 16.5. The Morgan fingerprint density at radius 1 is 1.42 bits per heavy atom. The molecule has 8 nitrogen and oxygen atoms in total. The fourth-order valence-corrected chi connectivity index (χ4v) is 2.57. The third kappa shape index (κ3) is 2.88. The summed E-state index contributed by atoms with van der Waals surface area (Å²) in [7, 11) is 1.61. The molecule has 0 radical (unpaired) electrons. The number of anilines is 2. The minimum absolute atomic E-state index is 0.0885.